The number of nitrogens with zero attached hydrogens (tertiary/aromatic N) is 2. The second-order valence-corrected chi connectivity index (χ2v) is 7.33. The number of hydrogen-bond acceptors (Lipinski definition) is 2. The van der Waals surface area contributed by atoms with E-state index < -0.39 is 0 Å². The van der Waals surface area contributed by atoms with E-state index in [1.807, 2.05) is 6.07 Å². The maximum absolute atomic E-state index is 14.9. The Kier molecular flexibility index (Phi) is 4.49. The second-order valence-electron chi connectivity index (χ2n) is 7.33. The van der Waals surface area contributed by atoms with Gasteiger partial charge in [-0.3, -0.25) is 4.90 Å². The van der Waals surface area contributed by atoms with E-state index in [1.54, 1.807) is 18.2 Å². The van der Waals surface area contributed by atoms with Crippen molar-refractivity contribution in [3.05, 3.63) is 53.6 Å². The number of rotatable bonds is 3. The van der Waals surface area contributed by atoms with Gasteiger partial charge in [-0.15, -0.1) is 0 Å². The van der Waals surface area contributed by atoms with Crippen molar-refractivity contribution in [2.24, 2.45) is 0 Å². The zero-order valence-corrected chi connectivity index (χ0v) is 15.1. The Morgan fingerprint density at radius 3 is 2.73 bits per heavy atom. The quantitative estimate of drug-likeness (QED) is 0.678. The number of H-pyrrole nitrogens is 1. The number of hydrogen-bond donors (Lipinski definition) is 1. The first kappa shape index (κ1) is 17.2. The molecule has 3 aromatic rings. The van der Waals surface area contributed by atoms with Crippen molar-refractivity contribution < 1.29 is 8.78 Å². The van der Waals surface area contributed by atoms with Crippen LogP contribution in [0.2, 0.25) is 0 Å². The highest BCUT2D eigenvalue weighted by atomic mass is 19.1. The highest BCUT2D eigenvalue weighted by Gasteiger charge is 2.26. The van der Waals surface area contributed by atoms with Gasteiger partial charge in [0.15, 0.2) is 0 Å². The molecule has 5 heteroatoms. The molecule has 1 saturated heterocycles. The summed E-state index contributed by atoms with van der Waals surface area (Å²) in [5, 5.41) is 0. The summed E-state index contributed by atoms with van der Waals surface area (Å²) in [6.45, 7) is 5.44. The molecule has 1 aliphatic heterocycles. The van der Waals surface area contributed by atoms with Crippen LogP contribution in [-0.4, -0.2) is 27.5 Å². The minimum Gasteiger partial charge on any atom is -0.338 e. The molecular weight excluding hydrogens is 332 g/mol. The van der Waals surface area contributed by atoms with Crippen molar-refractivity contribution in [2.45, 2.75) is 45.2 Å². The van der Waals surface area contributed by atoms with E-state index in [-0.39, 0.29) is 17.7 Å². The molecule has 0 spiro atoms. The van der Waals surface area contributed by atoms with Crippen LogP contribution in [-0.2, 0) is 0 Å². The largest absolute Gasteiger partial charge is 0.338 e. The Labute approximate surface area is 152 Å². The summed E-state index contributed by atoms with van der Waals surface area (Å²) < 4.78 is 28.2. The number of piperidine rings is 1. The lowest BCUT2D eigenvalue weighted by molar-refractivity contribution is 0.112. The summed E-state index contributed by atoms with van der Waals surface area (Å²) in [6, 6.07) is 10.4. The molecule has 3 nitrogen and oxygen atoms in total. The third kappa shape index (κ3) is 3.12. The number of imidazole rings is 1. The number of aromatic nitrogens is 2. The average molecular weight is 355 g/mol. The number of fused-ring (bicyclic) bond motifs is 1. The lowest BCUT2D eigenvalue weighted by Crippen LogP contribution is -2.38. The maximum atomic E-state index is 14.9. The van der Waals surface area contributed by atoms with Gasteiger partial charge < -0.3 is 4.98 Å². The fourth-order valence-corrected chi connectivity index (χ4v) is 3.97. The van der Waals surface area contributed by atoms with Gasteiger partial charge in [-0.2, -0.15) is 0 Å². The fourth-order valence-electron chi connectivity index (χ4n) is 3.97. The molecule has 1 N–H and O–H groups in total. The van der Waals surface area contributed by atoms with Gasteiger partial charge in [-0.1, -0.05) is 12.5 Å². The molecular formula is C21H23F2N3. The van der Waals surface area contributed by atoms with Gasteiger partial charge in [0.05, 0.1) is 16.6 Å². The van der Waals surface area contributed by atoms with E-state index in [2.05, 4.69) is 28.7 Å². The SMILES string of the molecule is CC(C)N1CCCCC1c1ccc(-c2nc3ccc(F)cc3[nH]2)c(F)c1. The van der Waals surface area contributed by atoms with Gasteiger partial charge in [0.2, 0.25) is 0 Å². The minimum absolute atomic E-state index is 0.261. The topological polar surface area (TPSA) is 31.9 Å². The van der Waals surface area contributed by atoms with Crippen LogP contribution in [0, 0.1) is 11.6 Å². The Morgan fingerprint density at radius 1 is 1.12 bits per heavy atom. The fraction of sp³-hybridized carbons (Fsp3) is 0.381. The van der Waals surface area contributed by atoms with Crippen molar-refractivity contribution in [1.29, 1.82) is 0 Å². The van der Waals surface area contributed by atoms with Crippen LogP contribution in [0.4, 0.5) is 8.78 Å². The predicted molar refractivity (Wildman–Crippen MR) is 99.9 cm³/mol. The molecule has 2 heterocycles. The van der Waals surface area contributed by atoms with Gasteiger partial charge in [0, 0.05) is 12.1 Å². The molecule has 0 bridgehead atoms. The third-order valence-corrected chi connectivity index (χ3v) is 5.28. The van der Waals surface area contributed by atoms with Crippen LogP contribution in [0.3, 0.4) is 0 Å². The summed E-state index contributed by atoms with van der Waals surface area (Å²) in [7, 11) is 0. The second kappa shape index (κ2) is 6.80. The normalized spacial score (nSPS) is 18.7. The van der Waals surface area contributed by atoms with Crippen molar-refractivity contribution in [3.8, 4) is 11.4 Å². The van der Waals surface area contributed by atoms with E-state index >= 15 is 0 Å². The van der Waals surface area contributed by atoms with Crippen LogP contribution in [0.1, 0.15) is 44.7 Å². The van der Waals surface area contributed by atoms with Gasteiger partial charge in [0.25, 0.3) is 0 Å². The van der Waals surface area contributed by atoms with Crippen LogP contribution in [0.25, 0.3) is 22.4 Å². The maximum Gasteiger partial charge on any atom is 0.141 e. The molecule has 136 valence electrons. The van der Waals surface area contributed by atoms with Crippen molar-refractivity contribution in [3.63, 3.8) is 0 Å². The number of benzene rings is 2. The first-order valence-electron chi connectivity index (χ1n) is 9.24. The Hall–Kier alpha value is -2.27. The standard InChI is InChI=1S/C21H23F2N3/c1-13(2)26-10-4-3-5-20(26)14-6-8-16(17(23)11-14)21-24-18-9-7-15(22)12-19(18)25-21/h6-9,11-13,20H,3-5,10H2,1-2H3,(H,24,25). The van der Waals surface area contributed by atoms with Crippen molar-refractivity contribution in [2.75, 3.05) is 6.54 Å². The molecule has 4 rings (SSSR count). The number of likely N-dealkylation sites (tertiary alicyclic amines) is 1. The summed E-state index contributed by atoms with van der Waals surface area (Å²) in [5.41, 5.74) is 2.63. The first-order chi connectivity index (χ1) is 12.5. The van der Waals surface area contributed by atoms with E-state index in [0.29, 0.717) is 28.5 Å². The summed E-state index contributed by atoms with van der Waals surface area (Å²) in [4.78, 5) is 9.86. The number of nitrogens with one attached hydrogen (secondary N) is 1. The molecule has 0 aliphatic carbocycles. The number of aromatic amines is 1. The lowest BCUT2D eigenvalue weighted by Gasteiger charge is -2.39. The molecule has 1 unspecified atom stereocenters. The van der Waals surface area contributed by atoms with Crippen LogP contribution in [0.15, 0.2) is 36.4 Å². The zero-order valence-electron chi connectivity index (χ0n) is 15.1. The smallest absolute Gasteiger partial charge is 0.141 e. The Bertz CT molecular complexity index is 932. The van der Waals surface area contributed by atoms with Crippen LogP contribution in [0.5, 0.6) is 0 Å². The monoisotopic (exact) mass is 355 g/mol. The molecule has 26 heavy (non-hydrogen) atoms. The van der Waals surface area contributed by atoms with Gasteiger partial charge >= 0.3 is 0 Å². The Balaban J connectivity index is 1.68. The number of halogens is 2. The van der Waals surface area contributed by atoms with E-state index in [9.17, 15) is 8.78 Å². The van der Waals surface area contributed by atoms with Crippen LogP contribution < -0.4 is 0 Å². The lowest BCUT2D eigenvalue weighted by atomic mass is 9.93. The van der Waals surface area contributed by atoms with Gasteiger partial charge in [-0.05, 0) is 69.1 Å². The zero-order chi connectivity index (χ0) is 18.3. The highest BCUT2D eigenvalue weighted by Crippen LogP contribution is 2.34. The molecule has 0 saturated carbocycles. The minimum atomic E-state index is -0.338. The average Bonchev–Trinajstić information content (AvgIpc) is 3.04. The molecule has 1 aromatic heterocycles. The summed E-state index contributed by atoms with van der Waals surface area (Å²) in [6.07, 6.45) is 3.43. The Morgan fingerprint density at radius 2 is 1.96 bits per heavy atom. The molecule has 1 fully saturated rings. The molecule has 0 radical (unpaired) electrons. The summed E-state index contributed by atoms with van der Waals surface area (Å²) in [5.74, 6) is -0.204. The van der Waals surface area contributed by atoms with Crippen molar-refractivity contribution in [1.82, 2.24) is 14.9 Å². The van der Waals surface area contributed by atoms with Crippen molar-refractivity contribution >= 4 is 11.0 Å². The summed E-state index contributed by atoms with van der Waals surface area (Å²) >= 11 is 0. The molecule has 1 atom stereocenters. The molecule has 1 aliphatic rings. The van der Waals surface area contributed by atoms with E-state index in [4.69, 9.17) is 0 Å². The first-order valence-corrected chi connectivity index (χ1v) is 9.24. The molecule has 0 amide bonds. The van der Waals surface area contributed by atoms with Crippen LogP contribution >= 0.6 is 0 Å². The third-order valence-electron chi connectivity index (χ3n) is 5.28. The predicted octanol–water partition coefficient (Wildman–Crippen LogP) is 5.44. The molecule has 2 aromatic carbocycles. The van der Waals surface area contributed by atoms with E-state index in [0.717, 1.165) is 18.5 Å². The highest BCUT2D eigenvalue weighted by molar-refractivity contribution is 5.79. The van der Waals surface area contributed by atoms with Gasteiger partial charge in [-0.25, -0.2) is 13.8 Å². The van der Waals surface area contributed by atoms with Gasteiger partial charge in [0.1, 0.15) is 17.5 Å². The van der Waals surface area contributed by atoms with E-state index in [1.165, 1.54) is 25.0 Å².